The molecule has 0 saturated carbocycles. The molecule has 0 bridgehead atoms. The van der Waals surface area contributed by atoms with Crippen LogP contribution in [0.5, 0.6) is 0 Å². The Labute approximate surface area is 173 Å². The van der Waals surface area contributed by atoms with Crippen molar-refractivity contribution in [3.8, 4) is 11.1 Å². The number of rotatable bonds is 8. The molecule has 0 aliphatic heterocycles. The summed E-state index contributed by atoms with van der Waals surface area (Å²) in [6.45, 7) is 4.07. The molecule has 0 unspecified atom stereocenters. The van der Waals surface area contributed by atoms with Crippen molar-refractivity contribution in [1.29, 1.82) is 0 Å². The van der Waals surface area contributed by atoms with E-state index in [9.17, 15) is 10.1 Å². The number of nitrogens with two attached hydrogens (primary N) is 2. The zero-order valence-electron chi connectivity index (χ0n) is 16.7. The van der Waals surface area contributed by atoms with Crippen LogP contribution in [0.2, 0.25) is 0 Å². The predicted octanol–water partition coefficient (Wildman–Crippen LogP) is 3.49. The Hall–Kier alpha value is -3.56. The van der Waals surface area contributed by atoms with Gasteiger partial charge in [0.25, 0.3) is 5.69 Å². The molecule has 3 aromatic rings. The number of hydrogen-bond acceptors (Lipinski definition) is 8. The van der Waals surface area contributed by atoms with Crippen molar-refractivity contribution in [3.63, 3.8) is 0 Å². The molecule has 4 N–H and O–H groups in total. The molecule has 1 heterocycles. The zero-order chi connectivity index (χ0) is 21.7. The van der Waals surface area contributed by atoms with Crippen LogP contribution in [0.4, 0.5) is 17.5 Å². The SMILES string of the molecule is CCOC(OCC)(c1ccc(-c2ccccc2)c([N+](=O)[O-])c1)c1cnc(N)nc1N. The number of aromatic nitrogens is 2. The summed E-state index contributed by atoms with van der Waals surface area (Å²) in [5.74, 6) is -1.45. The fourth-order valence-electron chi connectivity index (χ4n) is 3.34. The summed E-state index contributed by atoms with van der Waals surface area (Å²) >= 11 is 0. The van der Waals surface area contributed by atoms with Crippen LogP contribution in [0.25, 0.3) is 11.1 Å². The fourth-order valence-corrected chi connectivity index (χ4v) is 3.34. The normalized spacial score (nSPS) is 11.4. The third kappa shape index (κ3) is 3.93. The van der Waals surface area contributed by atoms with E-state index in [1.54, 1.807) is 26.0 Å². The summed E-state index contributed by atoms with van der Waals surface area (Å²) < 4.78 is 12.0. The summed E-state index contributed by atoms with van der Waals surface area (Å²) in [4.78, 5) is 19.5. The molecule has 1 aromatic heterocycles. The highest BCUT2D eigenvalue weighted by atomic mass is 16.7. The van der Waals surface area contributed by atoms with Gasteiger partial charge in [-0.05, 0) is 25.5 Å². The first kappa shape index (κ1) is 21.2. The van der Waals surface area contributed by atoms with Crippen molar-refractivity contribution < 1.29 is 14.4 Å². The average molecular weight is 409 g/mol. The van der Waals surface area contributed by atoms with Crippen LogP contribution in [0.1, 0.15) is 25.0 Å². The highest BCUT2D eigenvalue weighted by Gasteiger charge is 2.40. The lowest BCUT2D eigenvalue weighted by molar-refractivity contribution is -0.384. The molecular weight excluding hydrogens is 386 g/mol. The summed E-state index contributed by atoms with van der Waals surface area (Å²) in [6.07, 6.45) is 1.42. The molecule has 0 fully saturated rings. The predicted molar refractivity (Wildman–Crippen MR) is 113 cm³/mol. The van der Waals surface area contributed by atoms with E-state index in [0.29, 0.717) is 16.7 Å². The second kappa shape index (κ2) is 8.85. The van der Waals surface area contributed by atoms with Crippen LogP contribution in [-0.2, 0) is 15.3 Å². The smallest absolute Gasteiger partial charge is 0.277 e. The Morgan fingerprint density at radius 3 is 2.30 bits per heavy atom. The maximum absolute atomic E-state index is 11.9. The number of ether oxygens (including phenoxy) is 2. The number of nitrogens with zero attached hydrogens (tertiary/aromatic N) is 3. The van der Waals surface area contributed by atoms with Crippen molar-refractivity contribution in [1.82, 2.24) is 9.97 Å². The largest absolute Gasteiger partial charge is 0.383 e. The van der Waals surface area contributed by atoms with Crippen molar-refractivity contribution in [2.24, 2.45) is 0 Å². The minimum absolute atomic E-state index is 0.00329. The molecule has 0 amide bonds. The Bertz CT molecular complexity index is 1040. The molecule has 0 spiro atoms. The van der Waals surface area contributed by atoms with Gasteiger partial charge in [-0.3, -0.25) is 10.1 Å². The minimum atomic E-state index is -1.53. The number of benzene rings is 2. The van der Waals surface area contributed by atoms with E-state index < -0.39 is 10.7 Å². The molecule has 30 heavy (non-hydrogen) atoms. The van der Waals surface area contributed by atoms with E-state index in [2.05, 4.69) is 9.97 Å². The molecular formula is C21H23N5O4. The lowest BCUT2D eigenvalue weighted by Crippen LogP contribution is -2.36. The van der Waals surface area contributed by atoms with E-state index >= 15 is 0 Å². The molecule has 0 saturated heterocycles. The molecule has 0 aliphatic rings. The van der Waals surface area contributed by atoms with Gasteiger partial charge in [0, 0.05) is 31.0 Å². The molecule has 0 aliphatic carbocycles. The van der Waals surface area contributed by atoms with Gasteiger partial charge in [0.2, 0.25) is 11.7 Å². The van der Waals surface area contributed by atoms with Gasteiger partial charge in [-0.1, -0.05) is 36.4 Å². The van der Waals surface area contributed by atoms with Crippen LogP contribution < -0.4 is 11.5 Å². The molecule has 2 aromatic carbocycles. The second-order valence-electron chi connectivity index (χ2n) is 6.36. The third-order valence-corrected chi connectivity index (χ3v) is 4.55. The number of nitro benzene ring substituents is 1. The van der Waals surface area contributed by atoms with Gasteiger partial charge >= 0.3 is 0 Å². The highest BCUT2D eigenvalue weighted by molar-refractivity contribution is 5.74. The van der Waals surface area contributed by atoms with Crippen molar-refractivity contribution >= 4 is 17.5 Å². The van der Waals surface area contributed by atoms with E-state index in [4.69, 9.17) is 20.9 Å². The topological polar surface area (TPSA) is 139 Å². The standard InChI is InChI=1S/C21H23N5O4/c1-3-29-21(30-4-2,17-13-24-20(23)25-19(17)22)15-10-11-16(18(12-15)26(27)28)14-8-6-5-7-9-14/h5-13H,3-4H2,1-2H3,(H4,22,23,24,25). The Morgan fingerprint density at radius 1 is 1.07 bits per heavy atom. The monoisotopic (exact) mass is 409 g/mol. The number of nitrogen functional groups attached to an aromatic ring is 2. The number of anilines is 2. The first-order chi connectivity index (χ1) is 14.4. The molecule has 156 valence electrons. The van der Waals surface area contributed by atoms with Crippen molar-refractivity contribution in [2.45, 2.75) is 19.6 Å². The molecule has 0 atom stereocenters. The van der Waals surface area contributed by atoms with Gasteiger partial charge in [0.05, 0.1) is 16.1 Å². The Kier molecular flexibility index (Phi) is 6.24. The zero-order valence-corrected chi connectivity index (χ0v) is 16.7. The van der Waals surface area contributed by atoms with E-state index in [-0.39, 0.29) is 30.7 Å². The van der Waals surface area contributed by atoms with Gasteiger partial charge in [-0.25, -0.2) is 4.98 Å². The average Bonchev–Trinajstić information content (AvgIpc) is 2.74. The van der Waals surface area contributed by atoms with Crippen LogP contribution in [0.3, 0.4) is 0 Å². The highest BCUT2D eigenvalue weighted by Crippen LogP contribution is 2.41. The van der Waals surface area contributed by atoms with Gasteiger partial charge in [-0.15, -0.1) is 0 Å². The van der Waals surface area contributed by atoms with E-state index in [0.717, 1.165) is 5.56 Å². The summed E-state index contributed by atoms with van der Waals surface area (Å²) in [6, 6.07) is 13.9. The summed E-state index contributed by atoms with van der Waals surface area (Å²) in [5.41, 5.74) is 13.6. The molecule has 0 radical (unpaired) electrons. The Morgan fingerprint density at radius 2 is 1.73 bits per heavy atom. The van der Waals surface area contributed by atoms with Crippen LogP contribution >= 0.6 is 0 Å². The van der Waals surface area contributed by atoms with Crippen molar-refractivity contribution in [3.05, 3.63) is 76.0 Å². The minimum Gasteiger partial charge on any atom is -0.383 e. The molecule has 9 nitrogen and oxygen atoms in total. The second-order valence-corrected chi connectivity index (χ2v) is 6.36. The van der Waals surface area contributed by atoms with Crippen molar-refractivity contribution in [2.75, 3.05) is 24.7 Å². The summed E-state index contributed by atoms with van der Waals surface area (Å²) in [7, 11) is 0. The van der Waals surface area contributed by atoms with Crippen LogP contribution in [-0.4, -0.2) is 28.1 Å². The van der Waals surface area contributed by atoms with Crippen LogP contribution in [0.15, 0.2) is 54.7 Å². The third-order valence-electron chi connectivity index (χ3n) is 4.55. The fraction of sp³-hybridized carbons (Fsp3) is 0.238. The lowest BCUT2D eigenvalue weighted by Gasteiger charge is -2.34. The molecule has 3 rings (SSSR count). The van der Waals surface area contributed by atoms with Gasteiger partial charge < -0.3 is 20.9 Å². The quantitative estimate of drug-likeness (QED) is 0.327. The molecule has 9 heteroatoms. The first-order valence-corrected chi connectivity index (χ1v) is 9.43. The Balaban J connectivity index is 2.26. The lowest BCUT2D eigenvalue weighted by atomic mass is 9.94. The number of hydrogen-bond donors (Lipinski definition) is 2. The van der Waals surface area contributed by atoms with E-state index in [1.807, 2.05) is 30.3 Å². The maximum Gasteiger partial charge on any atom is 0.277 e. The van der Waals surface area contributed by atoms with Gasteiger partial charge in [0.1, 0.15) is 5.82 Å². The number of nitro groups is 1. The van der Waals surface area contributed by atoms with E-state index in [1.165, 1.54) is 12.3 Å². The van der Waals surface area contributed by atoms with Crippen LogP contribution in [0, 0.1) is 10.1 Å². The van der Waals surface area contributed by atoms with Gasteiger partial charge in [-0.2, -0.15) is 4.98 Å². The summed E-state index contributed by atoms with van der Waals surface area (Å²) in [5, 5.41) is 11.9. The maximum atomic E-state index is 11.9. The van der Waals surface area contributed by atoms with Gasteiger partial charge in [0.15, 0.2) is 0 Å². The first-order valence-electron chi connectivity index (χ1n) is 9.43.